The molecule has 1 heterocycles. The number of ether oxygens (including phenoxy) is 1. The predicted molar refractivity (Wildman–Crippen MR) is 85.3 cm³/mol. The Kier molecular flexibility index (Phi) is 5.55. The van der Waals surface area contributed by atoms with Gasteiger partial charge in [-0.3, -0.25) is 4.79 Å². The highest BCUT2D eigenvalue weighted by molar-refractivity contribution is 7.90. The van der Waals surface area contributed by atoms with E-state index in [9.17, 15) is 13.2 Å². The van der Waals surface area contributed by atoms with Crippen LogP contribution < -0.4 is 10.1 Å². The van der Waals surface area contributed by atoms with Gasteiger partial charge in [0.15, 0.2) is 0 Å². The number of nitrogens with zero attached hydrogens (tertiary/aromatic N) is 2. The monoisotopic (exact) mass is 353 g/mol. The summed E-state index contributed by atoms with van der Waals surface area (Å²) in [5.41, 5.74) is 0.825. The summed E-state index contributed by atoms with van der Waals surface area (Å²) in [6.45, 7) is 4.11. The van der Waals surface area contributed by atoms with Crippen molar-refractivity contribution in [2.24, 2.45) is 0 Å². The van der Waals surface area contributed by atoms with Crippen molar-refractivity contribution in [3.8, 4) is 5.75 Å². The molecule has 0 fully saturated rings. The average Bonchev–Trinajstić information content (AvgIpc) is 2.99. The molecule has 130 valence electrons. The molecule has 0 bridgehead atoms. The SMILES string of the molecule is CCOc1ccc(CC(=O)N[C@@H](C)c2nnc(S(C)(=O)=O)o2)cc1. The van der Waals surface area contributed by atoms with E-state index in [0.717, 1.165) is 17.6 Å². The van der Waals surface area contributed by atoms with E-state index in [1.165, 1.54) is 0 Å². The van der Waals surface area contributed by atoms with Crippen LogP contribution in [0.2, 0.25) is 0 Å². The van der Waals surface area contributed by atoms with E-state index in [1.54, 1.807) is 19.1 Å². The minimum absolute atomic E-state index is 0.0375. The molecule has 0 spiro atoms. The highest BCUT2D eigenvalue weighted by atomic mass is 32.2. The summed E-state index contributed by atoms with van der Waals surface area (Å²) in [4.78, 5) is 12.1. The third kappa shape index (κ3) is 4.79. The molecule has 0 saturated carbocycles. The topological polar surface area (TPSA) is 111 Å². The summed E-state index contributed by atoms with van der Waals surface area (Å²) < 4.78 is 33.0. The second-order valence-corrected chi connectivity index (χ2v) is 7.11. The first-order valence-corrected chi connectivity index (χ1v) is 9.23. The van der Waals surface area contributed by atoms with Crippen molar-refractivity contribution in [2.75, 3.05) is 12.9 Å². The van der Waals surface area contributed by atoms with Gasteiger partial charge in [-0.2, -0.15) is 0 Å². The quantitative estimate of drug-likeness (QED) is 0.798. The second kappa shape index (κ2) is 7.43. The maximum Gasteiger partial charge on any atom is 0.335 e. The standard InChI is InChI=1S/C15H19N3O5S/c1-4-22-12-7-5-11(6-8-12)9-13(19)16-10(2)14-17-18-15(23-14)24(3,20)21/h5-8,10H,4,9H2,1-3H3,(H,16,19)/t10-/m0/s1. The van der Waals surface area contributed by atoms with Gasteiger partial charge in [0, 0.05) is 6.26 Å². The molecule has 8 nitrogen and oxygen atoms in total. The average molecular weight is 353 g/mol. The summed E-state index contributed by atoms with van der Waals surface area (Å²) in [7, 11) is -3.57. The molecule has 1 amide bonds. The van der Waals surface area contributed by atoms with Gasteiger partial charge in [-0.1, -0.05) is 17.2 Å². The van der Waals surface area contributed by atoms with Crippen LogP contribution in [-0.4, -0.2) is 37.4 Å². The van der Waals surface area contributed by atoms with Gasteiger partial charge in [-0.25, -0.2) is 8.42 Å². The minimum Gasteiger partial charge on any atom is -0.494 e. The molecule has 9 heteroatoms. The van der Waals surface area contributed by atoms with E-state index in [4.69, 9.17) is 9.15 Å². The number of carbonyl (C=O) groups is 1. The summed E-state index contributed by atoms with van der Waals surface area (Å²) in [5.74, 6) is 0.537. The molecular weight excluding hydrogens is 334 g/mol. The summed E-state index contributed by atoms with van der Waals surface area (Å²) in [6, 6.07) is 6.62. The fourth-order valence-corrected chi connectivity index (χ4v) is 2.38. The number of rotatable bonds is 7. The van der Waals surface area contributed by atoms with Gasteiger partial charge in [0.05, 0.1) is 13.0 Å². The Morgan fingerprint density at radius 3 is 2.50 bits per heavy atom. The maximum atomic E-state index is 12.1. The van der Waals surface area contributed by atoms with Crippen molar-refractivity contribution >= 4 is 15.7 Å². The van der Waals surface area contributed by atoms with Crippen molar-refractivity contribution in [1.82, 2.24) is 15.5 Å². The number of nitrogens with one attached hydrogen (secondary N) is 1. The number of aromatic nitrogens is 2. The number of hydrogen-bond acceptors (Lipinski definition) is 7. The van der Waals surface area contributed by atoms with E-state index in [0.29, 0.717) is 6.61 Å². The van der Waals surface area contributed by atoms with Crippen LogP contribution in [0.25, 0.3) is 0 Å². The zero-order valence-corrected chi connectivity index (χ0v) is 14.5. The molecule has 1 N–H and O–H groups in total. The van der Waals surface area contributed by atoms with Gasteiger partial charge in [0.25, 0.3) is 0 Å². The van der Waals surface area contributed by atoms with Gasteiger partial charge in [-0.15, -0.1) is 5.10 Å². The number of amides is 1. The van der Waals surface area contributed by atoms with Gasteiger partial charge < -0.3 is 14.5 Å². The Labute approximate surface area is 140 Å². The maximum absolute atomic E-state index is 12.1. The first-order chi connectivity index (χ1) is 11.3. The molecular formula is C15H19N3O5S. The predicted octanol–water partition coefficient (Wildman–Crippen LogP) is 1.29. The summed E-state index contributed by atoms with van der Waals surface area (Å²) in [6.07, 6.45) is 1.14. The molecule has 1 aromatic carbocycles. The Hall–Kier alpha value is -2.42. The highest BCUT2D eigenvalue weighted by Crippen LogP contribution is 2.15. The van der Waals surface area contributed by atoms with Crippen LogP contribution >= 0.6 is 0 Å². The first-order valence-electron chi connectivity index (χ1n) is 7.34. The van der Waals surface area contributed by atoms with Crippen LogP contribution in [0.3, 0.4) is 0 Å². The lowest BCUT2D eigenvalue weighted by molar-refractivity contribution is -0.121. The van der Waals surface area contributed by atoms with E-state index in [1.807, 2.05) is 19.1 Å². The molecule has 0 unspecified atom stereocenters. The minimum atomic E-state index is -3.57. The largest absolute Gasteiger partial charge is 0.494 e. The molecule has 0 aliphatic carbocycles. The number of benzene rings is 1. The van der Waals surface area contributed by atoms with Crippen molar-refractivity contribution in [3.63, 3.8) is 0 Å². The number of hydrogen-bond donors (Lipinski definition) is 1. The van der Waals surface area contributed by atoms with E-state index < -0.39 is 21.1 Å². The van der Waals surface area contributed by atoms with Gasteiger partial charge in [-0.05, 0) is 31.5 Å². The smallest absolute Gasteiger partial charge is 0.335 e. The third-order valence-corrected chi connectivity index (χ3v) is 3.89. The third-order valence-electron chi connectivity index (χ3n) is 3.09. The molecule has 0 saturated heterocycles. The zero-order valence-electron chi connectivity index (χ0n) is 13.6. The van der Waals surface area contributed by atoms with E-state index >= 15 is 0 Å². The van der Waals surface area contributed by atoms with Crippen molar-refractivity contribution < 1.29 is 22.4 Å². The number of carbonyl (C=O) groups excluding carboxylic acids is 1. The molecule has 2 aromatic rings. The van der Waals surface area contributed by atoms with E-state index in [2.05, 4.69) is 15.5 Å². The molecule has 2 rings (SSSR count). The summed E-state index contributed by atoms with van der Waals surface area (Å²) in [5, 5.41) is 9.33. The van der Waals surface area contributed by atoms with Crippen molar-refractivity contribution in [3.05, 3.63) is 35.7 Å². The second-order valence-electron chi connectivity index (χ2n) is 5.22. The Balaban J connectivity index is 1.95. The van der Waals surface area contributed by atoms with Gasteiger partial charge in [0.2, 0.25) is 21.6 Å². The molecule has 1 aromatic heterocycles. The van der Waals surface area contributed by atoms with Crippen LogP contribution in [0.4, 0.5) is 0 Å². The van der Waals surface area contributed by atoms with Crippen LogP contribution in [0.15, 0.2) is 33.9 Å². The first kappa shape index (κ1) is 17.9. The van der Waals surface area contributed by atoms with E-state index in [-0.39, 0.29) is 18.2 Å². The fourth-order valence-electron chi connectivity index (χ4n) is 1.96. The normalized spacial score (nSPS) is 12.6. The Morgan fingerprint density at radius 1 is 1.29 bits per heavy atom. The zero-order chi connectivity index (χ0) is 17.7. The fraction of sp³-hybridized carbons (Fsp3) is 0.400. The lowest BCUT2D eigenvalue weighted by Gasteiger charge is -2.10. The van der Waals surface area contributed by atoms with Crippen molar-refractivity contribution in [1.29, 1.82) is 0 Å². The number of sulfone groups is 1. The highest BCUT2D eigenvalue weighted by Gasteiger charge is 2.21. The van der Waals surface area contributed by atoms with Crippen LogP contribution in [0, 0.1) is 0 Å². The molecule has 0 aliphatic rings. The lowest BCUT2D eigenvalue weighted by atomic mass is 10.1. The molecule has 0 radical (unpaired) electrons. The van der Waals surface area contributed by atoms with Gasteiger partial charge >= 0.3 is 5.22 Å². The Morgan fingerprint density at radius 2 is 1.96 bits per heavy atom. The van der Waals surface area contributed by atoms with Crippen LogP contribution in [0.5, 0.6) is 5.75 Å². The molecule has 1 atom stereocenters. The van der Waals surface area contributed by atoms with Crippen molar-refractivity contribution in [2.45, 2.75) is 31.5 Å². The van der Waals surface area contributed by atoms with Crippen LogP contribution in [-0.2, 0) is 21.1 Å². The lowest BCUT2D eigenvalue weighted by Crippen LogP contribution is -2.28. The Bertz CT molecular complexity index is 799. The van der Waals surface area contributed by atoms with Gasteiger partial charge in [0.1, 0.15) is 11.8 Å². The molecule has 24 heavy (non-hydrogen) atoms. The van der Waals surface area contributed by atoms with Crippen LogP contribution in [0.1, 0.15) is 31.3 Å². The summed E-state index contributed by atoms with van der Waals surface area (Å²) >= 11 is 0. The molecule has 0 aliphatic heterocycles.